The predicted molar refractivity (Wildman–Crippen MR) is 72.1 cm³/mol. The van der Waals surface area contributed by atoms with Crippen LogP contribution in [-0.4, -0.2) is 18.7 Å². The fourth-order valence-corrected chi connectivity index (χ4v) is 1.66. The average Bonchev–Trinajstić information content (AvgIpc) is 2.32. The van der Waals surface area contributed by atoms with Gasteiger partial charge in [-0.25, -0.2) is 4.79 Å². The summed E-state index contributed by atoms with van der Waals surface area (Å²) in [4.78, 5) is 11.3. The number of allylic oxidation sites excluding steroid dienone is 2. The van der Waals surface area contributed by atoms with Gasteiger partial charge in [-0.2, -0.15) is 0 Å². The van der Waals surface area contributed by atoms with Gasteiger partial charge in [0.05, 0.1) is 0 Å². The molecule has 3 nitrogen and oxygen atoms in total. The molecule has 3 heteroatoms. The Bertz CT molecular complexity index is 214. The molecule has 1 aliphatic rings. The molecule has 17 heavy (non-hydrogen) atoms. The number of hydrogen-bond donors (Lipinski definition) is 1. The van der Waals surface area contributed by atoms with Crippen LogP contribution in [-0.2, 0) is 4.74 Å². The van der Waals surface area contributed by atoms with E-state index in [1.807, 2.05) is 20.8 Å². The molecule has 1 aliphatic carbocycles. The van der Waals surface area contributed by atoms with Crippen molar-refractivity contribution in [2.75, 3.05) is 6.54 Å². The Labute approximate surface area is 106 Å². The van der Waals surface area contributed by atoms with E-state index in [1.165, 1.54) is 0 Å². The fraction of sp³-hybridized carbons (Fsp3) is 0.786. The Balaban J connectivity index is 0.00000121. The maximum absolute atomic E-state index is 11.3. The van der Waals surface area contributed by atoms with E-state index in [-0.39, 0.29) is 12.2 Å². The lowest BCUT2D eigenvalue weighted by atomic mass is 10.0. The van der Waals surface area contributed by atoms with Crippen molar-refractivity contribution in [2.24, 2.45) is 0 Å². The van der Waals surface area contributed by atoms with Crippen molar-refractivity contribution >= 4 is 6.09 Å². The van der Waals surface area contributed by atoms with E-state index in [9.17, 15) is 4.79 Å². The highest BCUT2D eigenvalue weighted by atomic mass is 16.6. The molecular weight excluding hydrogens is 214 g/mol. The second-order valence-corrected chi connectivity index (χ2v) is 3.93. The molecule has 0 spiro atoms. The highest BCUT2D eigenvalue weighted by Crippen LogP contribution is 2.15. The fourth-order valence-electron chi connectivity index (χ4n) is 1.66. The largest absolute Gasteiger partial charge is 0.446 e. The van der Waals surface area contributed by atoms with E-state index in [2.05, 4.69) is 17.5 Å². The van der Waals surface area contributed by atoms with Crippen LogP contribution in [0.25, 0.3) is 0 Å². The van der Waals surface area contributed by atoms with Crippen molar-refractivity contribution in [3.63, 3.8) is 0 Å². The molecule has 1 rings (SSSR count). The summed E-state index contributed by atoms with van der Waals surface area (Å²) in [5.74, 6) is 0. The zero-order chi connectivity index (χ0) is 12.9. The number of nitrogens with one attached hydrogen (secondary N) is 1. The monoisotopic (exact) mass is 241 g/mol. The van der Waals surface area contributed by atoms with Gasteiger partial charge in [0.15, 0.2) is 0 Å². The van der Waals surface area contributed by atoms with E-state index in [0.717, 1.165) is 38.5 Å². The molecule has 0 radical (unpaired) electrons. The number of alkyl carbamates (subject to hydrolysis) is 1. The van der Waals surface area contributed by atoms with E-state index in [0.29, 0.717) is 6.54 Å². The van der Waals surface area contributed by atoms with Gasteiger partial charge < -0.3 is 10.1 Å². The normalized spacial score (nSPS) is 21.2. The molecular formula is C14H27NO2. The summed E-state index contributed by atoms with van der Waals surface area (Å²) in [7, 11) is 0. The molecule has 0 bridgehead atoms. The van der Waals surface area contributed by atoms with Gasteiger partial charge in [-0.05, 0) is 38.5 Å². The van der Waals surface area contributed by atoms with Gasteiger partial charge in [-0.15, -0.1) is 0 Å². The van der Waals surface area contributed by atoms with E-state index in [4.69, 9.17) is 4.74 Å². The third-order valence-corrected chi connectivity index (χ3v) is 2.51. The van der Waals surface area contributed by atoms with Crippen molar-refractivity contribution in [3.8, 4) is 0 Å². The van der Waals surface area contributed by atoms with Gasteiger partial charge in [-0.3, -0.25) is 0 Å². The third kappa shape index (κ3) is 8.78. The molecule has 0 aliphatic heterocycles. The molecule has 0 saturated heterocycles. The molecule has 1 N–H and O–H groups in total. The van der Waals surface area contributed by atoms with Crippen molar-refractivity contribution in [3.05, 3.63) is 12.2 Å². The summed E-state index contributed by atoms with van der Waals surface area (Å²) < 4.78 is 5.35. The quantitative estimate of drug-likeness (QED) is 0.757. The first-order valence-electron chi connectivity index (χ1n) is 6.92. The van der Waals surface area contributed by atoms with Gasteiger partial charge in [0, 0.05) is 6.54 Å². The SMILES string of the molecule is CC.CCCNC(=O)OC1CC/C=C/CCC1. The molecule has 0 aromatic heterocycles. The lowest BCUT2D eigenvalue weighted by Crippen LogP contribution is -2.29. The summed E-state index contributed by atoms with van der Waals surface area (Å²) in [6.07, 6.45) is 10.4. The van der Waals surface area contributed by atoms with Gasteiger partial charge in [0.1, 0.15) is 6.10 Å². The van der Waals surface area contributed by atoms with E-state index in [1.54, 1.807) is 0 Å². The number of carbonyl (C=O) groups is 1. The van der Waals surface area contributed by atoms with E-state index < -0.39 is 0 Å². The third-order valence-electron chi connectivity index (χ3n) is 2.51. The maximum atomic E-state index is 11.3. The summed E-state index contributed by atoms with van der Waals surface area (Å²) in [5, 5.41) is 2.74. The Morgan fingerprint density at radius 1 is 1.29 bits per heavy atom. The Kier molecular flexibility index (Phi) is 10.8. The zero-order valence-electron chi connectivity index (χ0n) is 11.5. The molecule has 0 heterocycles. The van der Waals surface area contributed by atoms with Crippen molar-refractivity contribution < 1.29 is 9.53 Å². The molecule has 1 unspecified atom stereocenters. The molecule has 1 amide bonds. The summed E-state index contributed by atoms with van der Waals surface area (Å²) in [6, 6.07) is 0. The zero-order valence-corrected chi connectivity index (χ0v) is 11.5. The number of carbonyl (C=O) groups excluding carboxylic acids is 1. The first-order chi connectivity index (χ1) is 8.33. The van der Waals surface area contributed by atoms with Gasteiger partial charge in [-0.1, -0.05) is 32.9 Å². The standard InChI is InChI=1S/C12H21NO2.C2H6/c1-2-10-13-12(14)15-11-8-6-4-3-5-7-9-11;1-2/h3-4,11H,2,5-10H2,1H3,(H,13,14);1-2H3/b4-3+;. The first kappa shape index (κ1) is 16.0. The highest BCUT2D eigenvalue weighted by Gasteiger charge is 2.13. The van der Waals surface area contributed by atoms with Gasteiger partial charge in [0.25, 0.3) is 0 Å². The lowest BCUT2D eigenvalue weighted by Gasteiger charge is -2.18. The van der Waals surface area contributed by atoms with E-state index >= 15 is 0 Å². The minimum Gasteiger partial charge on any atom is -0.446 e. The molecule has 0 aromatic carbocycles. The van der Waals surface area contributed by atoms with Crippen LogP contribution in [0.15, 0.2) is 12.2 Å². The molecule has 0 aromatic rings. The number of amides is 1. The minimum atomic E-state index is -0.258. The average molecular weight is 241 g/mol. The maximum Gasteiger partial charge on any atom is 0.407 e. The summed E-state index contributed by atoms with van der Waals surface area (Å²) >= 11 is 0. The molecule has 0 saturated carbocycles. The van der Waals surface area contributed by atoms with Crippen LogP contribution in [0.1, 0.15) is 59.3 Å². The lowest BCUT2D eigenvalue weighted by molar-refractivity contribution is 0.0865. The van der Waals surface area contributed by atoms with Crippen LogP contribution in [0.5, 0.6) is 0 Å². The predicted octanol–water partition coefficient (Wildman–Crippen LogP) is 4.04. The van der Waals surface area contributed by atoms with Crippen molar-refractivity contribution in [2.45, 2.75) is 65.4 Å². The van der Waals surface area contributed by atoms with Crippen molar-refractivity contribution in [1.82, 2.24) is 5.32 Å². The number of ether oxygens (including phenoxy) is 1. The van der Waals surface area contributed by atoms with Crippen LogP contribution >= 0.6 is 0 Å². The summed E-state index contributed by atoms with van der Waals surface area (Å²) in [6.45, 7) is 6.73. The van der Waals surface area contributed by atoms with Crippen LogP contribution in [0.2, 0.25) is 0 Å². The van der Waals surface area contributed by atoms with Crippen LogP contribution in [0.4, 0.5) is 4.79 Å². The van der Waals surface area contributed by atoms with Crippen LogP contribution < -0.4 is 5.32 Å². The molecule has 0 fully saturated rings. The molecule has 100 valence electrons. The highest BCUT2D eigenvalue weighted by molar-refractivity contribution is 5.67. The Morgan fingerprint density at radius 3 is 2.71 bits per heavy atom. The number of hydrogen-bond acceptors (Lipinski definition) is 2. The molecule has 1 atom stereocenters. The van der Waals surface area contributed by atoms with Gasteiger partial charge in [0.2, 0.25) is 0 Å². The second-order valence-electron chi connectivity index (χ2n) is 3.93. The summed E-state index contributed by atoms with van der Waals surface area (Å²) in [5.41, 5.74) is 0. The smallest absolute Gasteiger partial charge is 0.407 e. The topological polar surface area (TPSA) is 38.3 Å². The van der Waals surface area contributed by atoms with Crippen LogP contribution in [0, 0.1) is 0 Å². The van der Waals surface area contributed by atoms with Crippen molar-refractivity contribution in [1.29, 1.82) is 0 Å². The first-order valence-corrected chi connectivity index (χ1v) is 6.92. The second kappa shape index (κ2) is 11.5. The van der Waals surface area contributed by atoms with Crippen LogP contribution in [0.3, 0.4) is 0 Å². The minimum absolute atomic E-state index is 0.104. The number of rotatable bonds is 3. The van der Waals surface area contributed by atoms with Gasteiger partial charge >= 0.3 is 6.09 Å². The Hall–Kier alpha value is -0.990. The Morgan fingerprint density at radius 2 is 2.00 bits per heavy atom.